The Morgan fingerprint density at radius 2 is 1.83 bits per heavy atom. The van der Waals surface area contributed by atoms with Crippen LogP contribution in [0.5, 0.6) is 0 Å². The molecule has 1 N–H and O–H groups in total. The van der Waals surface area contributed by atoms with Gasteiger partial charge in [-0.15, -0.1) is 0 Å². The molecule has 1 aromatic carbocycles. The van der Waals surface area contributed by atoms with E-state index in [1.807, 2.05) is 10.8 Å². The summed E-state index contributed by atoms with van der Waals surface area (Å²) in [7, 11) is 0. The van der Waals surface area contributed by atoms with E-state index in [1.54, 1.807) is 12.1 Å². The second kappa shape index (κ2) is 6.02. The van der Waals surface area contributed by atoms with Crippen LogP contribution in [-0.2, 0) is 6.54 Å². The summed E-state index contributed by atoms with van der Waals surface area (Å²) in [5, 5.41) is 6.54. The van der Waals surface area contributed by atoms with Crippen LogP contribution in [0, 0.1) is 5.82 Å². The van der Waals surface area contributed by atoms with Crippen LogP contribution in [-0.4, -0.2) is 13.0 Å². The molecular formula is C13H12F3NS. The fourth-order valence-electron chi connectivity index (χ4n) is 1.66. The molecule has 1 nitrogen and oxygen atoms in total. The Hall–Kier alpha value is -1.33. The Bertz CT molecular complexity index is 493. The van der Waals surface area contributed by atoms with Gasteiger partial charge in [-0.1, -0.05) is 12.1 Å². The maximum absolute atomic E-state index is 12.8. The standard InChI is InChI=1S/C13H12F3NS/c14-11-3-1-9(2-4-11)12-8-18-7-10(12)5-17-6-13(15)16/h1-4,7-8,13,17H,5-6H2. The van der Waals surface area contributed by atoms with E-state index in [-0.39, 0.29) is 12.4 Å². The molecule has 0 saturated carbocycles. The van der Waals surface area contributed by atoms with Gasteiger partial charge < -0.3 is 5.32 Å². The number of hydrogen-bond donors (Lipinski definition) is 1. The highest BCUT2D eigenvalue weighted by Crippen LogP contribution is 2.27. The third-order valence-corrected chi connectivity index (χ3v) is 3.30. The van der Waals surface area contributed by atoms with E-state index >= 15 is 0 Å². The highest BCUT2D eigenvalue weighted by molar-refractivity contribution is 7.08. The van der Waals surface area contributed by atoms with Crippen LogP contribution in [0.2, 0.25) is 0 Å². The van der Waals surface area contributed by atoms with Gasteiger partial charge in [0.05, 0.1) is 6.54 Å². The van der Waals surface area contributed by atoms with Gasteiger partial charge in [-0.05, 0) is 39.6 Å². The molecule has 1 heterocycles. The minimum atomic E-state index is -2.35. The van der Waals surface area contributed by atoms with Crippen molar-refractivity contribution in [2.45, 2.75) is 13.0 Å². The lowest BCUT2D eigenvalue weighted by atomic mass is 10.0. The summed E-state index contributed by atoms with van der Waals surface area (Å²) in [6, 6.07) is 6.16. The molecule has 0 bridgehead atoms. The first kappa shape index (κ1) is 13.1. The third-order valence-electron chi connectivity index (χ3n) is 2.51. The van der Waals surface area contributed by atoms with Crippen LogP contribution in [0.4, 0.5) is 13.2 Å². The number of rotatable bonds is 5. The van der Waals surface area contributed by atoms with Crippen molar-refractivity contribution >= 4 is 11.3 Å². The number of nitrogens with one attached hydrogen (secondary N) is 1. The predicted molar refractivity (Wildman–Crippen MR) is 67.4 cm³/mol. The van der Waals surface area contributed by atoms with Crippen LogP contribution >= 0.6 is 11.3 Å². The molecule has 2 aromatic rings. The third kappa shape index (κ3) is 3.34. The lowest BCUT2D eigenvalue weighted by molar-refractivity contribution is 0.145. The lowest BCUT2D eigenvalue weighted by Gasteiger charge is -2.06. The van der Waals surface area contributed by atoms with E-state index in [0.29, 0.717) is 6.54 Å². The Balaban J connectivity index is 2.10. The normalized spacial score (nSPS) is 11.1. The number of benzene rings is 1. The van der Waals surface area contributed by atoms with Crippen molar-refractivity contribution in [2.24, 2.45) is 0 Å². The van der Waals surface area contributed by atoms with Crippen molar-refractivity contribution in [3.63, 3.8) is 0 Å². The van der Waals surface area contributed by atoms with Crippen LogP contribution in [0.3, 0.4) is 0 Å². The minimum absolute atomic E-state index is 0.286. The van der Waals surface area contributed by atoms with Gasteiger partial charge in [0.15, 0.2) is 0 Å². The quantitative estimate of drug-likeness (QED) is 0.869. The first-order valence-electron chi connectivity index (χ1n) is 5.46. The molecular weight excluding hydrogens is 259 g/mol. The topological polar surface area (TPSA) is 12.0 Å². The average Bonchev–Trinajstić information content (AvgIpc) is 2.78. The molecule has 0 atom stereocenters. The zero-order chi connectivity index (χ0) is 13.0. The van der Waals surface area contributed by atoms with Crippen molar-refractivity contribution in [3.05, 3.63) is 46.4 Å². The van der Waals surface area contributed by atoms with Gasteiger partial charge in [0.2, 0.25) is 0 Å². The summed E-state index contributed by atoms with van der Waals surface area (Å²) in [6.45, 7) is 0.0687. The molecule has 0 aliphatic carbocycles. The van der Waals surface area contributed by atoms with E-state index in [0.717, 1.165) is 16.7 Å². The zero-order valence-corrected chi connectivity index (χ0v) is 10.3. The first-order chi connectivity index (χ1) is 8.66. The Kier molecular flexibility index (Phi) is 4.38. The maximum atomic E-state index is 12.8. The zero-order valence-electron chi connectivity index (χ0n) is 9.50. The van der Waals surface area contributed by atoms with E-state index in [4.69, 9.17) is 0 Å². The average molecular weight is 271 g/mol. The molecule has 0 unspecified atom stereocenters. The van der Waals surface area contributed by atoms with Crippen molar-refractivity contribution in [1.29, 1.82) is 0 Å². The first-order valence-corrected chi connectivity index (χ1v) is 6.41. The fourth-order valence-corrected chi connectivity index (χ4v) is 2.53. The van der Waals surface area contributed by atoms with Crippen LogP contribution in [0.1, 0.15) is 5.56 Å². The Labute approximate surface area is 107 Å². The second-order valence-corrected chi connectivity index (χ2v) is 4.58. The van der Waals surface area contributed by atoms with Gasteiger partial charge in [-0.25, -0.2) is 13.2 Å². The molecule has 96 valence electrons. The van der Waals surface area contributed by atoms with Crippen molar-refractivity contribution < 1.29 is 13.2 Å². The smallest absolute Gasteiger partial charge is 0.250 e. The van der Waals surface area contributed by atoms with Crippen LogP contribution in [0.15, 0.2) is 35.0 Å². The molecule has 0 spiro atoms. The number of halogens is 3. The summed E-state index contributed by atoms with van der Waals surface area (Å²) in [4.78, 5) is 0. The number of hydrogen-bond acceptors (Lipinski definition) is 2. The molecule has 1 aromatic heterocycles. The van der Waals surface area contributed by atoms with E-state index < -0.39 is 6.43 Å². The van der Waals surface area contributed by atoms with Gasteiger partial charge in [0.1, 0.15) is 5.82 Å². The predicted octanol–water partition coefficient (Wildman–Crippen LogP) is 3.91. The maximum Gasteiger partial charge on any atom is 0.250 e. The SMILES string of the molecule is Fc1ccc(-c2cscc2CNCC(F)F)cc1. The van der Waals surface area contributed by atoms with Crippen molar-refractivity contribution in [3.8, 4) is 11.1 Å². The highest BCUT2D eigenvalue weighted by Gasteiger charge is 2.08. The number of thiophene rings is 1. The van der Waals surface area contributed by atoms with Crippen LogP contribution < -0.4 is 5.32 Å². The van der Waals surface area contributed by atoms with Crippen LogP contribution in [0.25, 0.3) is 11.1 Å². The molecule has 0 aliphatic heterocycles. The van der Waals surface area contributed by atoms with Gasteiger partial charge in [0, 0.05) is 6.54 Å². The molecule has 2 rings (SSSR count). The van der Waals surface area contributed by atoms with Gasteiger partial charge in [-0.3, -0.25) is 0 Å². The molecule has 0 amide bonds. The highest BCUT2D eigenvalue weighted by atomic mass is 32.1. The summed E-state index contributed by atoms with van der Waals surface area (Å²) >= 11 is 1.50. The second-order valence-electron chi connectivity index (χ2n) is 3.84. The summed E-state index contributed by atoms with van der Waals surface area (Å²) in [5.74, 6) is -0.286. The van der Waals surface area contributed by atoms with Gasteiger partial charge in [-0.2, -0.15) is 11.3 Å². The van der Waals surface area contributed by atoms with E-state index in [2.05, 4.69) is 5.32 Å². The fraction of sp³-hybridized carbons (Fsp3) is 0.231. The Morgan fingerprint density at radius 3 is 2.50 bits per heavy atom. The lowest BCUT2D eigenvalue weighted by Crippen LogP contribution is -2.20. The molecule has 5 heteroatoms. The molecule has 0 aliphatic rings. The van der Waals surface area contributed by atoms with Gasteiger partial charge in [0.25, 0.3) is 6.43 Å². The minimum Gasteiger partial charge on any atom is -0.307 e. The molecule has 0 radical (unpaired) electrons. The molecule has 18 heavy (non-hydrogen) atoms. The van der Waals surface area contributed by atoms with E-state index in [9.17, 15) is 13.2 Å². The number of alkyl halides is 2. The molecule has 0 fully saturated rings. The monoisotopic (exact) mass is 271 g/mol. The van der Waals surface area contributed by atoms with Crippen molar-refractivity contribution in [2.75, 3.05) is 6.54 Å². The summed E-state index contributed by atoms with van der Waals surface area (Å²) in [5.41, 5.74) is 2.81. The largest absolute Gasteiger partial charge is 0.307 e. The molecule has 0 saturated heterocycles. The Morgan fingerprint density at radius 1 is 1.11 bits per heavy atom. The van der Waals surface area contributed by atoms with Crippen molar-refractivity contribution in [1.82, 2.24) is 5.32 Å². The summed E-state index contributed by atoms with van der Waals surface area (Å²) in [6.07, 6.45) is -2.35. The van der Waals surface area contributed by atoms with E-state index in [1.165, 1.54) is 23.5 Å². The summed E-state index contributed by atoms with van der Waals surface area (Å²) < 4.78 is 36.9. The van der Waals surface area contributed by atoms with Gasteiger partial charge >= 0.3 is 0 Å².